The molecule has 3 spiro atoms. The van der Waals surface area contributed by atoms with Crippen molar-refractivity contribution in [2.75, 3.05) is 10.2 Å². The molecule has 1 N–H and O–H groups in total. The lowest BCUT2D eigenvalue weighted by molar-refractivity contribution is 0.748. The lowest BCUT2D eigenvalue weighted by Gasteiger charge is -2.40. The predicted octanol–water partition coefficient (Wildman–Crippen LogP) is 26.4. The van der Waals surface area contributed by atoms with Crippen LogP contribution in [0.5, 0.6) is 0 Å². The SMILES string of the molecule is c1ccc(-c2cccc(N(c3ccc4c(c3)C3(c5ccccc5-c5ccccc53)c3ccccc3-4)c3ccc4c(c3)C3(c5ccccc5-4)c4ccccc4-n4c5ccccc5c5cccc3c54)c2)cc1.c1ccc(-c2cccc(Nc3ccc4c(c3)C3(c5ccccc5-c5ccccc53)c3ccccc3-4)c2)cc1. The second-order valence-electron chi connectivity index (χ2n) is 29.7. The largest absolute Gasteiger partial charge is 0.355 e. The summed E-state index contributed by atoms with van der Waals surface area (Å²) in [7, 11) is 0. The second-order valence-corrected chi connectivity index (χ2v) is 29.7. The van der Waals surface area contributed by atoms with Crippen LogP contribution in [0.1, 0.15) is 66.8 Å². The van der Waals surface area contributed by atoms with Gasteiger partial charge in [0.05, 0.1) is 33.0 Å². The van der Waals surface area contributed by atoms with Crippen molar-refractivity contribution in [2.24, 2.45) is 0 Å². The van der Waals surface area contributed by atoms with Gasteiger partial charge >= 0.3 is 0 Å². The van der Waals surface area contributed by atoms with Gasteiger partial charge in [-0.1, -0.05) is 328 Å². The zero-order valence-corrected chi connectivity index (χ0v) is 59.0. The molecule has 0 saturated heterocycles. The van der Waals surface area contributed by atoms with Crippen LogP contribution in [0.4, 0.5) is 28.4 Å². The van der Waals surface area contributed by atoms with Gasteiger partial charge in [-0.2, -0.15) is 0 Å². The van der Waals surface area contributed by atoms with Crippen LogP contribution in [-0.2, 0) is 16.2 Å². The van der Waals surface area contributed by atoms with E-state index in [0.29, 0.717) is 0 Å². The number of nitrogens with one attached hydrogen (secondary N) is 1. The molecular formula is C105H67N3. The molecule has 0 fully saturated rings. The van der Waals surface area contributed by atoms with E-state index in [1.54, 1.807) is 0 Å². The van der Waals surface area contributed by atoms with Crippen LogP contribution < -0.4 is 10.2 Å². The summed E-state index contributed by atoms with van der Waals surface area (Å²) in [6, 6.07) is 149. The molecule has 17 aromatic carbocycles. The quantitative estimate of drug-likeness (QED) is 0.172. The Hall–Kier alpha value is -13.9. The van der Waals surface area contributed by atoms with Gasteiger partial charge in [0.1, 0.15) is 0 Å². The Kier molecular flexibility index (Phi) is 12.9. The first kappa shape index (κ1) is 60.5. The maximum Gasteiger partial charge on any atom is 0.0755 e. The third-order valence-corrected chi connectivity index (χ3v) is 24.6. The van der Waals surface area contributed by atoms with E-state index in [0.717, 1.165) is 28.4 Å². The van der Waals surface area contributed by atoms with Gasteiger partial charge in [-0.25, -0.2) is 0 Å². The van der Waals surface area contributed by atoms with E-state index in [9.17, 15) is 0 Å². The first-order valence-corrected chi connectivity index (χ1v) is 37.7. The summed E-state index contributed by atoms with van der Waals surface area (Å²) in [5.74, 6) is 0. The highest BCUT2D eigenvalue weighted by Crippen LogP contribution is 2.67. The van der Waals surface area contributed by atoms with E-state index < -0.39 is 10.8 Å². The van der Waals surface area contributed by atoms with Gasteiger partial charge in [-0.3, -0.25) is 0 Å². The number of para-hydroxylation sites is 3. The molecule has 0 radical (unpaired) electrons. The fraction of sp³-hybridized carbons (Fsp3) is 0.0286. The van der Waals surface area contributed by atoms with Gasteiger partial charge in [0.2, 0.25) is 0 Å². The topological polar surface area (TPSA) is 20.2 Å². The molecule has 3 nitrogen and oxygen atoms in total. The molecule has 0 saturated carbocycles. The summed E-state index contributed by atoms with van der Waals surface area (Å²) in [4.78, 5) is 2.53. The zero-order valence-electron chi connectivity index (χ0n) is 59.0. The summed E-state index contributed by atoms with van der Waals surface area (Å²) in [5.41, 5.74) is 41.8. The molecule has 0 bridgehead atoms. The van der Waals surface area contributed by atoms with Crippen molar-refractivity contribution in [3.8, 4) is 83.6 Å². The molecule has 1 aliphatic heterocycles. The molecule has 24 rings (SSSR count). The predicted molar refractivity (Wildman–Crippen MR) is 446 cm³/mol. The first-order valence-electron chi connectivity index (χ1n) is 37.7. The van der Waals surface area contributed by atoms with Crippen LogP contribution in [0.2, 0.25) is 0 Å². The molecule has 18 aromatic rings. The minimum atomic E-state index is -0.582. The average molecular weight is 1370 g/mol. The van der Waals surface area contributed by atoms with Crippen LogP contribution in [0.25, 0.3) is 105 Å². The monoisotopic (exact) mass is 1370 g/mol. The fourth-order valence-corrected chi connectivity index (χ4v) is 20.6. The van der Waals surface area contributed by atoms with Gasteiger partial charge in [-0.15, -0.1) is 0 Å². The first-order chi connectivity index (χ1) is 53.6. The Labute approximate surface area is 627 Å². The van der Waals surface area contributed by atoms with Crippen LogP contribution >= 0.6 is 0 Å². The Morgan fingerprint density at radius 3 is 1.04 bits per heavy atom. The molecule has 0 amide bonds. The normalized spacial score (nSPS) is 14.9. The lowest BCUT2D eigenvalue weighted by Crippen LogP contribution is -2.33. The van der Waals surface area contributed by atoms with Crippen molar-refractivity contribution >= 4 is 50.2 Å². The molecule has 3 heteroatoms. The van der Waals surface area contributed by atoms with E-state index in [4.69, 9.17) is 0 Å². The maximum atomic E-state index is 3.72. The van der Waals surface area contributed by atoms with Gasteiger partial charge in [-0.05, 0) is 217 Å². The standard InChI is InChI=1S/C68H42N2.C37H25N/c1-2-18-43(19-3-1)44-20-16-21-45(40-44)69(46-36-38-52-50-24-6-11-30-58(50)67(62(52)41-46)56-28-9-4-22-48(56)49-23-5-10-29-57(49)67)47-37-39-53-51-25-7-12-31-59(51)68(63(53)42-47)60-32-13-15-35-65(60)70-64-34-14-8-26-54(64)55-27-17-33-61(68)66(55)70;1-2-11-25(12-3-1)26-13-10-14-27(23-26)38-28-21-22-32-31-17-6-9-20-35(31)37(36(32)24-28)33-18-7-4-15-29(33)30-16-5-8-19-34(30)37/h1-42H;1-24,38H. The number of rotatable bonds is 7. The van der Waals surface area contributed by atoms with Crippen LogP contribution in [0.3, 0.4) is 0 Å². The van der Waals surface area contributed by atoms with Crippen LogP contribution in [-0.4, -0.2) is 4.57 Å². The lowest BCUT2D eigenvalue weighted by atomic mass is 9.65. The molecule has 502 valence electrons. The van der Waals surface area contributed by atoms with Crippen LogP contribution in [0.15, 0.2) is 400 Å². The van der Waals surface area contributed by atoms with Gasteiger partial charge in [0.15, 0.2) is 0 Å². The molecular weight excluding hydrogens is 1300 g/mol. The molecule has 5 aliphatic carbocycles. The Bertz CT molecular complexity index is 6690. The number of fused-ring (bicyclic) bond motifs is 32. The molecule has 2 heterocycles. The van der Waals surface area contributed by atoms with E-state index in [1.165, 1.54) is 172 Å². The van der Waals surface area contributed by atoms with Gasteiger partial charge < -0.3 is 14.8 Å². The Balaban J connectivity index is 0.000000156. The molecule has 1 unspecified atom stereocenters. The highest BCUT2D eigenvalue weighted by Gasteiger charge is 2.55. The molecule has 108 heavy (non-hydrogen) atoms. The summed E-state index contributed by atoms with van der Waals surface area (Å²) in [5, 5.41) is 6.29. The van der Waals surface area contributed by atoms with Crippen molar-refractivity contribution < 1.29 is 0 Å². The number of nitrogens with zero attached hydrogens (tertiary/aromatic N) is 2. The number of benzene rings is 17. The average Bonchev–Trinajstić information content (AvgIpc) is 1.49. The number of aromatic nitrogens is 1. The number of hydrogen-bond acceptors (Lipinski definition) is 2. The Morgan fingerprint density at radius 1 is 0.204 bits per heavy atom. The molecule has 1 aromatic heterocycles. The van der Waals surface area contributed by atoms with E-state index in [1.807, 2.05) is 0 Å². The minimum Gasteiger partial charge on any atom is -0.355 e. The highest BCUT2D eigenvalue weighted by molar-refractivity contribution is 6.13. The fourth-order valence-electron chi connectivity index (χ4n) is 20.6. The van der Waals surface area contributed by atoms with Crippen molar-refractivity contribution in [3.63, 3.8) is 0 Å². The summed E-state index contributed by atoms with van der Waals surface area (Å²) >= 11 is 0. The zero-order chi connectivity index (χ0) is 70.8. The van der Waals surface area contributed by atoms with E-state index in [-0.39, 0.29) is 5.41 Å². The smallest absolute Gasteiger partial charge is 0.0755 e. The van der Waals surface area contributed by atoms with Crippen molar-refractivity contribution in [3.05, 3.63) is 467 Å². The number of anilines is 5. The molecule has 6 aliphatic rings. The van der Waals surface area contributed by atoms with Crippen LogP contribution in [0, 0.1) is 0 Å². The third kappa shape index (κ3) is 8.17. The third-order valence-electron chi connectivity index (χ3n) is 24.6. The summed E-state index contributed by atoms with van der Waals surface area (Å²) in [6.45, 7) is 0. The Morgan fingerprint density at radius 2 is 0.537 bits per heavy atom. The summed E-state index contributed by atoms with van der Waals surface area (Å²) < 4.78 is 2.53. The maximum absolute atomic E-state index is 3.72. The van der Waals surface area contributed by atoms with Crippen molar-refractivity contribution in [2.45, 2.75) is 16.2 Å². The minimum absolute atomic E-state index is 0.317. The van der Waals surface area contributed by atoms with Crippen molar-refractivity contribution in [1.29, 1.82) is 0 Å². The molecule has 1 atom stereocenters. The second kappa shape index (κ2) is 23.1. The van der Waals surface area contributed by atoms with Crippen molar-refractivity contribution in [1.82, 2.24) is 4.57 Å². The number of hydrogen-bond donors (Lipinski definition) is 1. The van der Waals surface area contributed by atoms with E-state index in [2.05, 4.69) is 415 Å². The van der Waals surface area contributed by atoms with Gasteiger partial charge in [0, 0.05) is 39.2 Å². The highest BCUT2D eigenvalue weighted by atomic mass is 15.1. The van der Waals surface area contributed by atoms with Gasteiger partial charge in [0.25, 0.3) is 0 Å². The summed E-state index contributed by atoms with van der Waals surface area (Å²) in [6.07, 6.45) is 0. The van der Waals surface area contributed by atoms with E-state index >= 15 is 0 Å².